The highest BCUT2D eigenvalue weighted by molar-refractivity contribution is 7.89. The lowest BCUT2D eigenvalue weighted by molar-refractivity contribution is -0.123. The topological polar surface area (TPSA) is 75.3 Å². The van der Waals surface area contributed by atoms with E-state index in [-0.39, 0.29) is 16.8 Å². The first-order chi connectivity index (χ1) is 9.18. The maximum absolute atomic E-state index is 12.0. The Morgan fingerprint density at radius 3 is 2.15 bits per heavy atom. The van der Waals surface area contributed by atoms with Gasteiger partial charge in [0.25, 0.3) is 0 Å². The molecule has 0 bridgehead atoms. The van der Waals surface area contributed by atoms with E-state index in [1.54, 1.807) is 12.1 Å². The molecule has 0 saturated heterocycles. The van der Waals surface area contributed by atoms with Gasteiger partial charge in [-0.25, -0.2) is 13.1 Å². The molecule has 5 nitrogen and oxygen atoms in total. The third-order valence-corrected chi connectivity index (χ3v) is 4.54. The quantitative estimate of drug-likeness (QED) is 0.893. The van der Waals surface area contributed by atoms with Gasteiger partial charge in [0, 0.05) is 17.1 Å². The Bertz CT molecular complexity index is 596. The van der Waals surface area contributed by atoms with Crippen LogP contribution in [0, 0.1) is 5.41 Å². The second-order valence-corrected chi connectivity index (χ2v) is 7.84. The molecule has 1 aliphatic carbocycles. The molecular formula is C14H20N2O3S. The van der Waals surface area contributed by atoms with E-state index >= 15 is 0 Å². The van der Waals surface area contributed by atoms with E-state index in [9.17, 15) is 13.2 Å². The Balaban J connectivity index is 2.08. The van der Waals surface area contributed by atoms with E-state index in [0.717, 1.165) is 12.8 Å². The predicted molar refractivity (Wildman–Crippen MR) is 77.9 cm³/mol. The molecule has 0 spiro atoms. The van der Waals surface area contributed by atoms with Crippen molar-refractivity contribution in [1.82, 2.24) is 4.72 Å². The van der Waals surface area contributed by atoms with Crippen LogP contribution in [0.15, 0.2) is 29.2 Å². The zero-order chi connectivity index (χ0) is 15.0. The minimum Gasteiger partial charge on any atom is -0.326 e. The summed E-state index contributed by atoms with van der Waals surface area (Å²) in [5.41, 5.74) is 0.105. The van der Waals surface area contributed by atoms with Crippen molar-refractivity contribution in [3.05, 3.63) is 24.3 Å². The van der Waals surface area contributed by atoms with E-state index in [4.69, 9.17) is 0 Å². The predicted octanol–water partition coefficient (Wildman–Crippen LogP) is 2.11. The first-order valence-electron chi connectivity index (χ1n) is 6.62. The molecule has 0 aliphatic heterocycles. The van der Waals surface area contributed by atoms with Crippen LogP contribution in [0.5, 0.6) is 0 Å². The van der Waals surface area contributed by atoms with Crippen molar-refractivity contribution in [3.63, 3.8) is 0 Å². The third-order valence-electron chi connectivity index (χ3n) is 3.00. The summed E-state index contributed by atoms with van der Waals surface area (Å²) in [6, 6.07) is 6.29. The highest BCUT2D eigenvalue weighted by Crippen LogP contribution is 2.23. The van der Waals surface area contributed by atoms with Crippen molar-refractivity contribution in [2.45, 2.75) is 44.6 Å². The first kappa shape index (κ1) is 15.0. The zero-order valence-electron chi connectivity index (χ0n) is 11.9. The van der Waals surface area contributed by atoms with Crippen LogP contribution in [0.25, 0.3) is 0 Å². The van der Waals surface area contributed by atoms with Crippen molar-refractivity contribution in [1.29, 1.82) is 0 Å². The lowest BCUT2D eigenvalue weighted by Crippen LogP contribution is -2.28. The number of nitrogens with one attached hydrogen (secondary N) is 2. The number of anilines is 1. The van der Waals surface area contributed by atoms with Crippen molar-refractivity contribution < 1.29 is 13.2 Å². The van der Waals surface area contributed by atoms with Gasteiger partial charge in [0.15, 0.2) is 0 Å². The summed E-state index contributed by atoms with van der Waals surface area (Å²) in [6.45, 7) is 5.46. The molecule has 2 rings (SSSR count). The van der Waals surface area contributed by atoms with Crippen LogP contribution in [0.4, 0.5) is 5.69 Å². The fraction of sp³-hybridized carbons (Fsp3) is 0.500. The Kier molecular flexibility index (Phi) is 3.88. The molecule has 1 fully saturated rings. The normalized spacial score (nSPS) is 15.9. The van der Waals surface area contributed by atoms with Gasteiger partial charge in [-0.2, -0.15) is 0 Å². The van der Waals surface area contributed by atoms with Gasteiger partial charge >= 0.3 is 0 Å². The summed E-state index contributed by atoms with van der Waals surface area (Å²) in [4.78, 5) is 12.0. The molecule has 110 valence electrons. The Hall–Kier alpha value is -1.40. The van der Waals surface area contributed by atoms with Crippen molar-refractivity contribution in [3.8, 4) is 0 Å². The second kappa shape index (κ2) is 5.18. The molecule has 0 heterocycles. The summed E-state index contributed by atoms with van der Waals surface area (Å²) in [5, 5.41) is 2.76. The number of hydrogen-bond acceptors (Lipinski definition) is 3. The van der Waals surface area contributed by atoms with Crippen LogP contribution in [0.1, 0.15) is 33.6 Å². The highest BCUT2D eigenvalue weighted by atomic mass is 32.2. The highest BCUT2D eigenvalue weighted by Gasteiger charge is 2.28. The van der Waals surface area contributed by atoms with Crippen molar-refractivity contribution >= 4 is 21.6 Å². The first-order valence-corrected chi connectivity index (χ1v) is 8.11. The molecule has 2 N–H and O–H groups in total. The smallest absolute Gasteiger partial charge is 0.240 e. The molecule has 20 heavy (non-hydrogen) atoms. The van der Waals surface area contributed by atoms with Gasteiger partial charge in [-0.3, -0.25) is 4.79 Å². The van der Waals surface area contributed by atoms with Gasteiger partial charge in [-0.05, 0) is 37.1 Å². The van der Waals surface area contributed by atoms with E-state index in [1.165, 1.54) is 12.1 Å². The number of amides is 1. The van der Waals surface area contributed by atoms with Gasteiger partial charge in [-0.1, -0.05) is 20.8 Å². The number of benzene rings is 1. The second-order valence-electron chi connectivity index (χ2n) is 6.12. The molecular weight excluding hydrogens is 276 g/mol. The maximum Gasteiger partial charge on any atom is 0.240 e. The minimum absolute atomic E-state index is 0.0836. The van der Waals surface area contributed by atoms with E-state index < -0.39 is 15.4 Å². The molecule has 0 aromatic heterocycles. The summed E-state index contributed by atoms with van der Waals surface area (Å²) in [6.07, 6.45) is 1.80. The van der Waals surface area contributed by atoms with Gasteiger partial charge in [0.1, 0.15) is 0 Å². The van der Waals surface area contributed by atoms with E-state index in [1.807, 2.05) is 20.8 Å². The molecule has 1 saturated carbocycles. The van der Waals surface area contributed by atoms with Crippen LogP contribution in [0.2, 0.25) is 0 Å². The Labute approximate surface area is 119 Å². The summed E-state index contributed by atoms with van der Waals surface area (Å²) in [7, 11) is -3.43. The van der Waals surface area contributed by atoms with Gasteiger partial charge < -0.3 is 5.32 Å². The van der Waals surface area contributed by atoms with Crippen molar-refractivity contribution in [2.75, 3.05) is 5.32 Å². The summed E-state index contributed by atoms with van der Waals surface area (Å²) >= 11 is 0. The van der Waals surface area contributed by atoms with Gasteiger partial charge in [0.05, 0.1) is 4.90 Å². The minimum atomic E-state index is -3.43. The molecule has 1 aromatic carbocycles. The average molecular weight is 296 g/mol. The van der Waals surface area contributed by atoms with E-state index in [2.05, 4.69) is 10.0 Å². The number of carbonyl (C=O) groups excluding carboxylic acids is 1. The zero-order valence-corrected chi connectivity index (χ0v) is 12.8. The average Bonchev–Trinajstić information content (AvgIpc) is 3.11. The molecule has 0 unspecified atom stereocenters. The monoisotopic (exact) mass is 296 g/mol. The molecule has 1 aromatic rings. The largest absolute Gasteiger partial charge is 0.326 e. The molecule has 1 amide bonds. The van der Waals surface area contributed by atoms with Crippen LogP contribution < -0.4 is 10.0 Å². The number of sulfonamides is 1. The van der Waals surface area contributed by atoms with Crippen molar-refractivity contribution in [2.24, 2.45) is 5.41 Å². The molecule has 6 heteroatoms. The standard InChI is InChI=1S/C14H20N2O3S/c1-14(2,3)13(17)15-10-6-8-12(9-7-10)20(18,19)16-11-4-5-11/h6-9,11,16H,4-5H2,1-3H3,(H,15,17). The Morgan fingerprint density at radius 2 is 1.70 bits per heavy atom. The lowest BCUT2D eigenvalue weighted by atomic mass is 9.95. The van der Waals surface area contributed by atoms with Crippen LogP contribution >= 0.6 is 0 Å². The lowest BCUT2D eigenvalue weighted by Gasteiger charge is -2.17. The SMILES string of the molecule is CC(C)(C)C(=O)Nc1ccc(S(=O)(=O)NC2CC2)cc1. The maximum atomic E-state index is 12.0. The van der Waals surface area contributed by atoms with Crippen LogP contribution in [-0.4, -0.2) is 20.4 Å². The van der Waals surface area contributed by atoms with Gasteiger partial charge in [0.2, 0.25) is 15.9 Å². The molecule has 0 atom stereocenters. The van der Waals surface area contributed by atoms with Crippen LogP contribution in [0.3, 0.4) is 0 Å². The number of hydrogen-bond donors (Lipinski definition) is 2. The number of rotatable bonds is 4. The third kappa shape index (κ3) is 3.80. The molecule has 0 radical (unpaired) electrons. The molecule has 1 aliphatic rings. The Morgan fingerprint density at radius 1 is 1.15 bits per heavy atom. The summed E-state index contributed by atoms with van der Waals surface area (Å²) in [5.74, 6) is -0.107. The van der Waals surface area contributed by atoms with Gasteiger partial charge in [-0.15, -0.1) is 0 Å². The van der Waals surface area contributed by atoms with Crippen LogP contribution in [-0.2, 0) is 14.8 Å². The number of carbonyl (C=O) groups is 1. The summed E-state index contributed by atoms with van der Waals surface area (Å²) < 4.78 is 26.6. The fourth-order valence-corrected chi connectivity index (χ4v) is 2.83. The van der Waals surface area contributed by atoms with E-state index in [0.29, 0.717) is 5.69 Å². The fourth-order valence-electron chi connectivity index (χ4n) is 1.52.